The second kappa shape index (κ2) is 17.9. The molecule has 59 heavy (non-hydrogen) atoms. The standard InChI is InChI=1S/C46H47N5O7S/c52-43(30-59(55,56)39-16-18-41(42(27-39)51(53)54)48-28-31-20-23-57-24-21-31)40-17-13-35(26-44(40)58-38-25-36-19-22-47-46(36)49-29-38)32-11-14-37(15-12-32)50-45(33-7-3-1-4-8-33)34-9-5-2-6-10-34/h1-10,13,16-19,22,25-27,29,31-32,37,45,48,50H,11-12,14-15,20-21,23-24,28,30H2,(H,47,49). The summed E-state index contributed by atoms with van der Waals surface area (Å²) in [6.45, 7) is 1.78. The van der Waals surface area contributed by atoms with E-state index >= 15 is 0 Å². The number of ether oxygens (including phenoxy) is 2. The summed E-state index contributed by atoms with van der Waals surface area (Å²) in [7, 11) is -4.29. The number of rotatable bonds is 15. The van der Waals surface area contributed by atoms with Gasteiger partial charge in [-0.2, -0.15) is 0 Å². The van der Waals surface area contributed by atoms with E-state index in [9.17, 15) is 23.3 Å². The van der Waals surface area contributed by atoms with Crippen LogP contribution in [-0.4, -0.2) is 60.6 Å². The van der Waals surface area contributed by atoms with Crippen LogP contribution < -0.4 is 15.4 Å². The smallest absolute Gasteiger partial charge is 0.293 e. The maximum Gasteiger partial charge on any atom is 0.293 e. The average molecular weight is 814 g/mol. The molecule has 3 heterocycles. The van der Waals surface area contributed by atoms with Gasteiger partial charge in [-0.15, -0.1) is 0 Å². The Balaban J connectivity index is 1.01. The van der Waals surface area contributed by atoms with Crippen molar-refractivity contribution in [3.05, 3.63) is 154 Å². The number of nitro groups is 1. The number of ketones is 1. The van der Waals surface area contributed by atoms with Crippen molar-refractivity contribution in [3.63, 3.8) is 0 Å². The number of nitrogens with one attached hydrogen (secondary N) is 3. The molecule has 2 aromatic heterocycles. The second-order valence-corrected chi connectivity index (χ2v) is 17.5. The van der Waals surface area contributed by atoms with Gasteiger partial charge in [0.15, 0.2) is 15.6 Å². The van der Waals surface area contributed by atoms with Crippen LogP contribution in [-0.2, 0) is 14.6 Å². The average Bonchev–Trinajstić information content (AvgIpc) is 3.74. The van der Waals surface area contributed by atoms with Gasteiger partial charge in [-0.1, -0.05) is 66.7 Å². The third-order valence-corrected chi connectivity index (χ3v) is 13.2. The predicted molar refractivity (Wildman–Crippen MR) is 227 cm³/mol. The number of aromatic amines is 1. The van der Waals surface area contributed by atoms with Crippen LogP contribution in [0.5, 0.6) is 11.5 Å². The van der Waals surface area contributed by atoms with Crippen LogP contribution in [0, 0.1) is 16.0 Å². The minimum atomic E-state index is -4.29. The number of Topliss-reactive ketones (excluding diaryl/α,β-unsaturated/α-hetero) is 1. The molecule has 13 heteroatoms. The SMILES string of the molecule is O=C(CS(=O)(=O)c1ccc(NCC2CCOCC2)c([N+](=O)[O-])c1)c1ccc(C2CCC(NC(c3ccccc3)c3ccccc3)CC2)cc1Oc1cnc2[nH]ccc2c1. The molecule has 1 saturated carbocycles. The van der Waals surface area contributed by atoms with Gasteiger partial charge in [-0.05, 0) is 103 Å². The molecule has 6 aromatic rings. The van der Waals surface area contributed by atoms with Crippen molar-refractivity contribution in [2.45, 2.75) is 61.4 Å². The molecular formula is C46H47N5O7S. The van der Waals surface area contributed by atoms with E-state index in [4.69, 9.17) is 9.47 Å². The largest absolute Gasteiger partial charge is 0.455 e. The molecule has 0 radical (unpaired) electrons. The van der Waals surface area contributed by atoms with E-state index in [1.807, 2.05) is 30.3 Å². The maximum atomic E-state index is 14.0. The summed E-state index contributed by atoms with van der Waals surface area (Å²) in [5.41, 5.74) is 4.06. The number of hydrogen-bond acceptors (Lipinski definition) is 10. The van der Waals surface area contributed by atoms with Gasteiger partial charge in [-0.3, -0.25) is 14.9 Å². The molecule has 0 amide bonds. The summed E-state index contributed by atoms with van der Waals surface area (Å²) < 4.78 is 39.3. The van der Waals surface area contributed by atoms with Gasteiger partial charge in [0.05, 0.1) is 27.6 Å². The summed E-state index contributed by atoms with van der Waals surface area (Å²) in [6.07, 6.45) is 8.70. The highest BCUT2D eigenvalue weighted by Crippen LogP contribution is 2.39. The van der Waals surface area contributed by atoms with E-state index in [2.05, 4.69) is 69.1 Å². The number of nitrogens with zero attached hydrogens (tertiary/aromatic N) is 2. The molecule has 0 unspecified atom stereocenters. The van der Waals surface area contributed by atoms with Gasteiger partial charge in [-0.25, -0.2) is 13.4 Å². The Morgan fingerprint density at radius 3 is 2.29 bits per heavy atom. The zero-order valence-corrected chi connectivity index (χ0v) is 33.4. The monoisotopic (exact) mass is 813 g/mol. The van der Waals surface area contributed by atoms with E-state index in [-0.39, 0.29) is 45.5 Å². The fourth-order valence-corrected chi connectivity index (χ4v) is 9.49. The molecule has 4 aromatic carbocycles. The van der Waals surface area contributed by atoms with Crippen molar-refractivity contribution in [2.75, 3.05) is 30.8 Å². The van der Waals surface area contributed by atoms with E-state index in [0.717, 1.165) is 55.5 Å². The van der Waals surface area contributed by atoms with Crippen LogP contribution in [0.2, 0.25) is 0 Å². The number of H-pyrrole nitrogens is 1. The lowest BCUT2D eigenvalue weighted by Gasteiger charge is -2.33. The zero-order chi connectivity index (χ0) is 40.8. The molecule has 1 aliphatic carbocycles. The van der Waals surface area contributed by atoms with Crippen LogP contribution in [0.15, 0.2) is 126 Å². The molecule has 2 fully saturated rings. The Morgan fingerprint density at radius 1 is 0.881 bits per heavy atom. The number of aromatic nitrogens is 2. The fraction of sp³-hybridized carbons (Fsp3) is 0.304. The van der Waals surface area contributed by atoms with Gasteiger partial charge in [0.25, 0.3) is 5.69 Å². The molecule has 8 rings (SSSR count). The number of pyridine rings is 1. The van der Waals surface area contributed by atoms with E-state index in [1.165, 1.54) is 23.3 Å². The molecule has 0 spiro atoms. The lowest BCUT2D eigenvalue weighted by atomic mass is 9.80. The minimum Gasteiger partial charge on any atom is -0.455 e. The number of hydrogen-bond donors (Lipinski definition) is 3. The first-order valence-corrected chi connectivity index (χ1v) is 21.8. The lowest BCUT2D eigenvalue weighted by Crippen LogP contribution is -2.36. The first-order chi connectivity index (χ1) is 28.7. The van der Waals surface area contributed by atoms with Gasteiger partial charge in [0, 0.05) is 43.4 Å². The summed E-state index contributed by atoms with van der Waals surface area (Å²) in [4.78, 5) is 32.7. The number of nitro benzene ring substituents is 1. The summed E-state index contributed by atoms with van der Waals surface area (Å²) in [5.74, 6) is -0.479. The second-order valence-electron chi connectivity index (χ2n) is 15.5. The minimum absolute atomic E-state index is 0.0643. The Morgan fingerprint density at radius 2 is 1.59 bits per heavy atom. The van der Waals surface area contributed by atoms with Gasteiger partial charge < -0.3 is 25.1 Å². The molecule has 0 bridgehead atoms. The molecule has 1 aliphatic heterocycles. The van der Waals surface area contributed by atoms with Gasteiger partial charge in [0.1, 0.15) is 28.6 Å². The van der Waals surface area contributed by atoms with Crippen molar-refractivity contribution < 1.29 is 27.6 Å². The van der Waals surface area contributed by atoms with Crippen molar-refractivity contribution in [3.8, 4) is 11.5 Å². The molecule has 1 saturated heterocycles. The molecule has 0 atom stereocenters. The number of fused-ring (bicyclic) bond motifs is 1. The normalized spacial score (nSPS) is 17.5. The van der Waals surface area contributed by atoms with E-state index < -0.39 is 26.3 Å². The topological polar surface area (TPSA) is 166 Å². The highest BCUT2D eigenvalue weighted by Gasteiger charge is 2.29. The summed E-state index contributed by atoms with van der Waals surface area (Å²) in [5, 5.41) is 19.9. The summed E-state index contributed by atoms with van der Waals surface area (Å²) in [6, 6.07) is 34.1. The zero-order valence-electron chi connectivity index (χ0n) is 32.6. The number of anilines is 1. The molecular weight excluding hydrogens is 767 g/mol. The Kier molecular flexibility index (Phi) is 12.1. The van der Waals surface area contributed by atoms with Crippen molar-refractivity contribution in [2.24, 2.45) is 5.92 Å². The highest BCUT2D eigenvalue weighted by molar-refractivity contribution is 7.92. The summed E-state index contributed by atoms with van der Waals surface area (Å²) >= 11 is 0. The van der Waals surface area contributed by atoms with E-state index in [1.54, 1.807) is 24.5 Å². The van der Waals surface area contributed by atoms with Crippen LogP contribution in [0.3, 0.4) is 0 Å². The molecule has 2 aliphatic rings. The van der Waals surface area contributed by atoms with Gasteiger partial charge >= 0.3 is 0 Å². The predicted octanol–water partition coefficient (Wildman–Crippen LogP) is 9.16. The maximum absolute atomic E-state index is 14.0. The Hall–Kier alpha value is -5.89. The molecule has 304 valence electrons. The van der Waals surface area contributed by atoms with Crippen molar-refractivity contribution in [1.29, 1.82) is 0 Å². The van der Waals surface area contributed by atoms with E-state index in [0.29, 0.717) is 37.2 Å². The number of carbonyl (C=O) groups excluding carboxylic acids is 1. The van der Waals surface area contributed by atoms with Crippen LogP contribution in [0.4, 0.5) is 11.4 Å². The van der Waals surface area contributed by atoms with Crippen molar-refractivity contribution >= 4 is 38.0 Å². The third-order valence-electron chi connectivity index (χ3n) is 11.5. The molecule has 3 N–H and O–H groups in total. The van der Waals surface area contributed by atoms with Gasteiger partial charge in [0.2, 0.25) is 0 Å². The number of benzene rings is 4. The third kappa shape index (κ3) is 9.54. The Labute approximate surface area is 343 Å². The first-order valence-electron chi connectivity index (χ1n) is 20.2. The van der Waals surface area contributed by atoms with Crippen LogP contribution >= 0.6 is 0 Å². The van der Waals surface area contributed by atoms with Crippen LogP contribution in [0.1, 0.15) is 77.5 Å². The lowest BCUT2D eigenvalue weighted by molar-refractivity contribution is -0.384. The number of sulfone groups is 1. The number of carbonyl (C=O) groups is 1. The Bertz CT molecular complexity index is 2480. The highest BCUT2D eigenvalue weighted by atomic mass is 32.2. The quantitative estimate of drug-likeness (QED) is 0.0517. The fourth-order valence-electron chi connectivity index (χ4n) is 8.26. The first kappa shape index (κ1) is 39.9. The van der Waals surface area contributed by atoms with Crippen LogP contribution in [0.25, 0.3) is 11.0 Å². The molecule has 12 nitrogen and oxygen atoms in total. The van der Waals surface area contributed by atoms with Crippen molar-refractivity contribution in [1.82, 2.24) is 15.3 Å².